The maximum Gasteiger partial charge on any atom is 0.287 e. The molecule has 1 aliphatic rings. The third kappa shape index (κ3) is 6.62. The number of halogens is 1. The molecule has 0 spiro atoms. The number of amides is 1. The van der Waals surface area contributed by atoms with Gasteiger partial charge >= 0.3 is 0 Å². The number of thioether (sulfide) groups is 1. The first kappa shape index (κ1) is 20.1. The van der Waals surface area contributed by atoms with Crippen molar-refractivity contribution in [1.82, 2.24) is 16.0 Å². The molecule has 1 aliphatic carbocycles. The van der Waals surface area contributed by atoms with Gasteiger partial charge in [0.15, 0.2) is 11.7 Å². The lowest BCUT2D eigenvalue weighted by atomic mass is 10.2. The molecule has 0 aromatic carbocycles. The highest BCUT2D eigenvalue weighted by Gasteiger charge is 2.24. The predicted octanol–water partition coefficient (Wildman–Crippen LogP) is 2.08. The fourth-order valence-electron chi connectivity index (χ4n) is 2.53. The third-order valence-corrected chi connectivity index (χ3v) is 4.83. The van der Waals surface area contributed by atoms with Gasteiger partial charge in [-0.05, 0) is 37.7 Å². The van der Waals surface area contributed by atoms with Gasteiger partial charge in [0, 0.05) is 31.4 Å². The van der Waals surface area contributed by atoms with E-state index in [9.17, 15) is 4.79 Å². The van der Waals surface area contributed by atoms with Crippen LogP contribution in [0.5, 0.6) is 0 Å². The van der Waals surface area contributed by atoms with E-state index >= 15 is 0 Å². The Balaban J connectivity index is 0.00000264. The molecule has 1 aromatic rings. The van der Waals surface area contributed by atoms with Gasteiger partial charge in [-0.2, -0.15) is 11.8 Å². The van der Waals surface area contributed by atoms with Gasteiger partial charge in [0.05, 0.1) is 6.26 Å². The van der Waals surface area contributed by atoms with Crippen LogP contribution in [0.2, 0.25) is 0 Å². The maximum atomic E-state index is 11.7. The van der Waals surface area contributed by atoms with E-state index in [1.165, 1.54) is 25.5 Å². The van der Waals surface area contributed by atoms with Gasteiger partial charge in [0.25, 0.3) is 5.91 Å². The van der Waals surface area contributed by atoms with Gasteiger partial charge in [0.2, 0.25) is 0 Å². The summed E-state index contributed by atoms with van der Waals surface area (Å²) in [6, 6.07) is 3.83. The SMILES string of the molecule is CN=C(NCCNC(=O)c1ccco1)NC1CCC(SC)C1.I. The standard InChI is InChI=1S/C15H24N4O2S.HI/c1-16-15(19-11-5-6-12(10-11)22-2)18-8-7-17-14(20)13-4-3-9-21-13;/h3-4,9,11-12H,5-8,10H2,1-2H3,(H,17,20)(H2,16,18,19);1H. The number of carbonyl (C=O) groups is 1. The Morgan fingerprint density at radius 2 is 2.17 bits per heavy atom. The summed E-state index contributed by atoms with van der Waals surface area (Å²) in [6.45, 7) is 1.13. The molecule has 2 atom stereocenters. The van der Waals surface area contributed by atoms with Crippen molar-refractivity contribution in [2.75, 3.05) is 26.4 Å². The fraction of sp³-hybridized carbons (Fsp3) is 0.600. The van der Waals surface area contributed by atoms with Gasteiger partial charge in [-0.3, -0.25) is 9.79 Å². The Hall–Kier alpha value is -0.900. The molecule has 0 bridgehead atoms. The number of nitrogens with one attached hydrogen (secondary N) is 3. The zero-order chi connectivity index (χ0) is 15.8. The largest absolute Gasteiger partial charge is 0.459 e. The Kier molecular flexibility index (Phi) is 9.46. The van der Waals surface area contributed by atoms with E-state index in [0.717, 1.165) is 11.2 Å². The zero-order valence-electron chi connectivity index (χ0n) is 13.5. The molecule has 1 heterocycles. The van der Waals surface area contributed by atoms with Crippen molar-refractivity contribution < 1.29 is 9.21 Å². The molecule has 3 N–H and O–H groups in total. The average Bonchev–Trinajstić information content (AvgIpc) is 3.21. The smallest absolute Gasteiger partial charge is 0.287 e. The summed E-state index contributed by atoms with van der Waals surface area (Å²) in [5.74, 6) is 0.920. The number of hydrogen-bond donors (Lipinski definition) is 3. The van der Waals surface area contributed by atoms with E-state index in [0.29, 0.717) is 24.9 Å². The summed E-state index contributed by atoms with van der Waals surface area (Å²) in [7, 11) is 1.76. The van der Waals surface area contributed by atoms with Crippen LogP contribution >= 0.6 is 35.7 Å². The minimum absolute atomic E-state index is 0. The van der Waals surface area contributed by atoms with Gasteiger partial charge in [-0.15, -0.1) is 24.0 Å². The topological polar surface area (TPSA) is 78.7 Å². The molecule has 0 aliphatic heterocycles. The summed E-state index contributed by atoms with van der Waals surface area (Å²) >= 11 is 1.94. The molecular formula is C15H25IN4O2S. The van der Waals surface area contributed by atoms with Crippen LogP contribution in [-0.4, -0.2) is 49.6 Å². The predicted molar refractivity (Wildman–Crippen MR) is 106 cm³/mol. The van der Waals surface area contributed by atoms with E-state index in [1.807, 2.05) is 11.8 Å². The lowest BCUT2D eigenvalue weighted by Gasteiger charge is -2.17. The molecule has 2 rings (SSSR count). The molecule has 1 amide bonds. The Bertz CT molecular complexity index is 496. The molecule has 1 saturated carbocycles. The highest BCUT2D eigenvalue weighted by molar-refractivity contribution is 14.0. The van der Waals surface area contributed by atoms with E-state index < -0.39 is 0 Å². The number of carbonyl (C=O) groups excluding carboxylic acids is 1. The molecule has 0 radical (unpaired) electrons. The van der Waals surface area contributed by atoms with Gasteiger partial charge in [-0.25, -0.2) is 0 Å². The maximum absolute atomic E-state index is 11.7. The van der Waals surface area contributed by atoms with Crippen molar-refractivity contribution in [3.63, 3.8) is 0 Å². The lowest BCUT2D eigenvalue weighted by molar-refractivity contribution is 0.0926. The van der Waals surface area contributed by atoms with Crippen molar-refractivity contribution in [1.29, 1.82) is 0 Å². The first-order valence-corrected chi connectivity index (χ1v) is 8.83. The van der Waals surface area contributed by atoms with E-state index in [2.05, 4.69) is 27.2 Å². The van der Waals surface area contributed by atoms with Gasteiger partial charge in [0.1, 0.15) is 0 Å². The van der Waals surface area contributed by atoms with E-state index in [4.69, 9.17) is 4.42 Å². The second kappa shape index (κ2) is 10.8. The average molecular weight is 452 g/mol. The molecule has 1 fully saturated rings. The van der Waals surface area contributed by atoms with Crippen molar-refractivity contribution in [2.45, 2.75) is 30.6 Å². The normalized spacial score (nSPS) is 20.7. The molecular weight excluding hydrogens is 427 g/mol. The summed E-state index contributed by atoms with van der Waals surface area (Å²) in [4.78, 5) is 15.9. The Morgan fingerprint density at radius 1 is 1.39 bits per heavy atom. The molecule has 8 heteroatoms. The number of guanidine groups is 1. The molecule has 1 aromatic heterocycles. The van der Waals surface area contributed by atoms with Crippen LogP contribution in [0.4, 0.5) is 0 Å². The van der Waals surface area contributed by atoms with Crippen molar-refractivity contribution in [2.24, 2.45) is 4.99 Å². The van der Waals surface area contributed by atoms with Crippen molar-refractivity contribution in [3.05, 3.63) is 24.2 Å². The molecule has 0 saturated heterocycles. The Morgan fingerprint density at radius 3 is 2.78 bits per heavy atom. The lowest BCUT2D eigenvalue weighted by Crippen LogP contribution is -2.45. The highest BCUT2D eigenvalue weighted by Crippen LogP contribution is 2.27. The number of nitrogens with zero attached hydrogens (tertiary/aromatic N) is 1. The number of furan rings is 1. The number of aliphatic imine (C=N–C) groups is 1. The second-order valence-corrected chi connectivity index (χ2v) is 6.38. The molecule has 130 valence electrons. The van der Waals surface area contributed by atoms with Crippen molar-refractivity contribution >= 4 is 47.6 Å². The van der Waals surface area contributed by atoms with Crippen LogP contribution in [0.3, 0.4) is 0 Å². The molecule has 2 unspecified atom stereocenters. The van der Waals surface area contributed by atoms with Gasteiger partial charge < -0.3 is 20.4 Å². The van der Waals surface area contributed by atoms with Crippen LogP contribution in [0.15, 0.2) is 27.8 Å². The summed E-state index contributed by atoms with van der Waals surface area (Å²) < 4.78 is 5.03. The Labute approximate surface area is 158 Å². The third-order valence-electron chi connectivity index (χ3n) is 3.73. The second-order valence-electron chi connectivity index (χ2n) is 5.24. The monoisotopic (exact) mass is 452 g/mol. The minimum atomic E-state index is -0.201. The van der Waals surface area contributed by atoms with E-state index in [1.54, 1.807) is 19.2 Å². The molecule has 6 nitrogen and oxygen atoms in total. The van der Waals surface area contributed by atoms with E-state index in [-0.39, 0.29) is 29.9 Å². The van der Waals surface area contributed by atoms with Crippen LogP contribution in [0.25, 0.3) is 0 Å². The highest BCUT2D eigenvalue weighted by atomic mass is 127. The summed E-state index contributed by atoms with van der Waals surface area (Å²) in [5, 5.41) is 10.2. The minimum Gasteiger partial charge on any atom is -0.459 e. The van der Waals surface area contributed by atoms with Crippen LogP contribution < -0.4 is 16.0 Å². The first-order chi connectivity index (χ1) is 10.7. The van der Waals surface area contributed by atoms with Crippen LogP contribution in [0.1, 0.15) is 29.8 Å². The number of rotatable bonds is 6. The van der Waals surface area contributed by atoms with Crippen LogP contribution in [0, 0.1) is 0 Å². The van der Waals surface area contributed by atoms with Gasteiger partial charge in [-0.1, -0.05) is 0 Å². The van der Waals surface area contributed by atoms with Crippen molar-refractivity contribution in [3.8, 4) is 0 Å². The zero-order valence-corrected chi connectivity index (χ0v) is 16.6. The summed E-state index contributed by atoms with van der Waals surface area (Å²) in [6.07, 6.45) is 7.28. The quantitative estimate of drug-likeness (QED) is 0.267. The molecule has 23 heavy (non-hydrogen) atoms. The van der Waals surface area contributed by atoms with Crippen LogP contribution in [-0.2, 0) is 0 Å². The first-order valence-electron chi connectivity index (χ1n) is 7.54. The summed E-state index contributed by atoms with van der Waals surface area (Å²) in [5.41, 5.74) is 0. The fourth-order valence-corrected chi connectivity index (χ4v) is 3.32. The number of hydrogen-bond acceptors (Lipinski definition) is 4.